The van der Waals surface area contributed by atoms with Crippen molar-refractivity contribution in [1.82, 2.24) is 10.3 Å². The van der Waals surface area contributed by atoms with E-state index >= 15 is 0 Å². The number of nitrogens with one attached hydrogen (secondary N) is 2. The van der Waals surface area contributed by atoms with Crippen molar-refractivity contribution in [3.8, 4) is 15.6 Å². The molecule has 3 aromatic rings. The van der Waals surface area contributed by atoms with Crippen molar-refractivity contribution < 1.29 is 9.90 Å². The van der Waals surface area contributed by atoms with Crippen LogP contribution in [0.15, 0.2) is 63.8 Å². The summed E-state index contributed by atoms with van der Waals surface area (Å²) in [6, 6.07) is 10.2. The van der Waals surface area contributed by atoms with E-state index in [-0.39, 0.29) is 18.1 Å². The maximum Gasteiger partial charge on any atom is 0.271 e. The Bertz CT molecular complexity index is 1120. The minimum absolute atomic E-state index is 0.0828. The highest BCUT2D eigenvalue weighted by atomic mass is 32.1. The monoisotopic (exact) mass is 436 g/mol. The zero-order valence-corrected chi connectivity index (χ0v) is 17.7. The number of nitrogens with zero attached hydrogens (tertiary/aromatic N) is 2. The van der Waals surface area contributed by atoms with E-state index in [1.165, 1.54) is 11.3 Å². The molecule has 3 N–H and O–H groups in total. The molecule has 30 heavy (non-hydrogen) atoms. The van der Waals surface area contributed by atoms with Gasteiger partial charge in [-0.15, -0.1) is 22.7 Å². The van der Waals surface area contributed by atoms with Gasteiger partial charge in [-0.25, -0.2) is 4.98 Å². The number of phenols is 1. The van der Waals surface area contributed by atoms with Gasteiger partial charge in [0, 0.05) is 41.4 Å². The van der Waals surface area contributed by atoms with Gasteiger partial charge in [0.2, 0.25) is 0 Å². The largest absolute Gasteiger partial charge is 0.508 e. The molecule has 1 aliphatic heterocycles. The lowest BCUT2D eigenvalue weighted by Crippen LogP contribution is -2.31. The van der Waals surface area contributed by atoms with Crippen molar-refractivity contribution in [2.75, 3.05) is 6.54 Å². The number of amides is 1. The van der Waals surface area contributed by atoms with Crippen molar-refractivity contribution in [2.24, 2.45) is 4.99 Å². The first kappa shape index (κ1) is 20.2. The molecule has 1 unspecified atom stereocenters. The normalized spacial score (nSPS) is 14.2. The Balaban J connectivity index is 1.56. The molecule has 1 amide bonds. The number of carbonyl (C=O) groups excluding carboxylic acids is 1. The highest BCUT2D eigenvalue weighted by Crippen LogP contribution is 2.30. The van der Waals surface area contributed by atoms with E-state index in [1.54, 1.807) is 47.2 Å². The summed E-state index contributed by atoms with van der Waals surface area (Å²) in [5.41, 5.74) is 2.01. The standard InChI is InChI=1S/C22H20N4O2S2/c23-16(14-5-3-9-24-12-14)11-17(15-6-1-2-7-19(15)27)25-21(28)18-13-30-22(26-18)20-8-4-10-29-20/h1-2,4-8,10,12-13,17,23,27H,3,9,11H2,(H,25,28). The van der Waals surface area contributed by atoms with Crippen LogP contribution in [-0.2, 0) is 0 Å². The zero-order chi connectivity index (χ0) is 20.9. The van der Waals surface area contributed by atoms with Gasteiger partial charge in [-0.2, -0.15) is 0 Å². The molecule has 1 atom stereocenters. The lowest BCUT2D eigenvalue weighted by Gasteiger charge is -2.21. The fraction of sp³-hybridized carbons (Fsp3) is 0.182. The number of dihydropyridines is 1. The number of allylic oxidation sites excluding steroid dienone is 1. The number of aliphatic imine (C=N–C) groups is 1. The number of benzene rings is 1. The van der Waals surface area contributed by atoms with E-state index in [1.807, 2.05) is 23.6 Å². The van der Waals surface area contributed by atoms with Crippen LogP contribution in [0.4, 0.5) is 0 Å². The number of phenolic OH excluding ortho intramolecular Hbond substituents is 1. The molecule has 0 saturated carbocycles. The number of hydrogen-bond donors (Lipinski definition) is 3. The van der Waals surface area contributed by atoms with E-state index in [0.717, 1.165) is 28.4 Å². The molecule has 0 saturated heterocycles. The summed E-state index contributed by atoms with van der Waals surface area (Å²) in [6.45, 7) is 0.729. The minimum Gasteiger partial charge on any atom is -0.508 e. The Hall–Kier alpha value is -3.10. The summed E-state index contributed by atoms with van der Waals surface area (Å²) >= 11 is 2.99. The maximum absolute atomic E-state index is 12.9. The van der Waals surface area contributed by atoms with E-state index in [9.17, 15) is 9.90 Å². The van der Waals surface area contributed by atoms with Crippen LogP contribution < -0.4 is 5.32 Å². The molecule has 1 aromatic carbocycles. The van der Waals surface area contributed by atoms with E-state index in [4.69, 9.17) is 5.41 Å². The van der Waals surface area contributed by atoms with Crippen LogP contribution in [0.25, 0.3) is 9.88 Å². The van der Waals surface area contributed by atoms with E-state index in [2.05, 4.69) is 15.3 Å². The second-order valence-corrected chi connectivity index (χ2v) is 8.57. The van der Waals surface area contributed by atoms with Crippen LogP contribution in [0, 0.1) is 5.41 Å². The minimum atomic E-state index is -0.561. The number of aromatic hydroxyl groups is 1. The third-order valence-electron chi connectivity index (χ3n) is 4.70. The van der Waals surface area contributed by atoms with Crippen molar-refractivity contribution in [3.63, 3.8) is 0 Å². The first-order chi connectivity index (χ1) is 14.6. The fourth-order valence-corrected chi connectivity index (χ4v) is 4.79. The van der Waals surface area contributed by atoms with Gasteiger partial charge < -0.3 is 15.8 Å². The van der Waals surface area contributed by atoms with Gasteiger partial charge in [0.25, 0.3) is 5.91 Å². The van der Waals surface area contributed by atoms with Crippen molar-refractivity contribution in [3.05, 3.63) is 70.1 Å². The predicted molar refractivity (Wildman–Crippen MR) is 122 cm³/mol. The molecule has 0 radical (unpaired) electrons. The molecule has 1 aliphatic rings. The Kier molecular flexibility index (Phi) is 6.15. The third-order valence-corrected chi connectivity index (χ3v) is 6.58. The first-order valence-electron chi connectivity index (χ1n) is 9.48. The maximum atomic E-state index is 12.9. The molecule has 0 spiro atoms. The van der Waals surface area contributed by atoms with Crippen LogP contribution in [0.5, 0.6) is 5.75 Å². The molecule has 0 bridgehead atoms. The number of carbonyl (C=O) groups is 1. The van der Waals surface area contributed by atoms with Crippen molar-refractivity contribution in [2.45, 2.75) is 18.9 Å². The zero-order valence-electron chi connectivity index (χ0n) is 16.0. The van der Waals surface area contributed by atoms with Crippen molar-refractivity contribution >= 4 is 40.5 Å². The van der Waals surface area contributed by atoms with Gasteiger partial charge in [-0.3, -0.25) is 9.79 Å². The van der Waals surface area contributed by atoms with Gasteiger partial charge in [0.1, 0.15) is 16.5 Å². The Labute approximate surface area is 182 Å². The molecule has 0 fully saturated rings. The SMILES string of the molecule is N=C(CC(NC(=O)c1csc(-c2cccs2)n1)c1ccccc1O)C1=CCCN=C1. The highest BCUT2D eigenvalue weighted by molar-refractivity contribution is 7.20. The molecule has 152 valence electrons. The molecule has 2 aromatic heterocycles. The third kappa shape index (κ3) is 4.55. The molecule has 3 heterocycles. The molecular formula is C22H20N4O2S2. The van der Waals surface area contributed by atoms with Gasteiger partial charge in [-0.05, 0) is 23.9 Å². The number of thiazole rings is 1. The number of hydrogen-bond acceptors (Lipinski definition) is 7. The molecule has 8 heteroatoms. The Morgan fingerprint density at radius 3 is 2.83 bits per heavy atom. The summed E-state index contributed by atoms with van der Waals surface area (Å²) in [5, 5.41) is 26.3. The average Bonchev–Trinajstić information content (AvgIpc) is 3.46. The summed E-state index contributed by atoms with van der Waals surface area (Å²) < 4.78 is 0. The number of aromatic nitrogens is 1. The van der Waals surface area contributed by atoms with Crippen molar-refractivity contribution in [1.29, 1.82) is 5.41 Å². The van der Waals surface area contributed by atoms with Crippen LogP contribution >= 0.6 is 22.7 Å². The lowest BCUT2D eigenvalue weighted by atomic mass is 9.95. The van der Waals surface area contributed by atoms with Crippen LogP contribution in [0.2, 0.25) is 0 Å². The number of rotatable bonds is 7. The first-order valence-corrected chi connectivity index (χ1v) is 11.2. The molecule has 4 rings (SSSR count). The quantitative estimate of drug-likeness (QED) is 0.461. The van der Waals surface area contributed by atoms with Gasteiger partial charge in [-0.1, -0.05) is 30.3 Å². The topological polar surface area (TPSA) is 98.4 Å². The Morgan fingerprint density at radius 1 is 1.23 bits per heavy atom. The highest BCUT2D eigenvalue weighted by Gasteiger charge is 2.23. The second-order valence-electron chi connectivity index (χ2n) is 6.77. The summed E-state index contributed by atoms with van der Waals surface area (Å²) in [7, 11) is 0. The second kappa shape index (κ2) is 9.15. The predicted octanol–water partition coefficient (Wildman–Crippen LogP) is 4.86. The number of para-hydroxylation sites is 1. The summed E-state index contributed by atoms with van der Waals surface area (Å²) in [5.74, 6) is -0.249. The lowest BCUT2D eigenvalue weighted by molar-refractivity contribution is 0.0933. The van der Waals surface area contributed by atoms with Gasteiger partial charge in [0.05, 0.1) is 10.9 Å². The van der Waals surface area contributed by atoms with E-state index in [0.29, 0.717) is 17.0 Å². The average molecular weight is 437 g/mol. The van der Waals surface area contributed by atoms with Crippen LogP contribution in [0.1, 0.15) is 34.9 Å². The number of thiophene rings is 1. The molecule has 6 nitrogen and oxygen atoms in total. The van der Waals surface area contributed by atoms with Gasteiger partial charge >= 0.3 is 0 Å². The fourth-order valence-electron chi connectivity index (χ4n) is 3.18. The summed E-state index contributed by atoms with van der Waals surface area (Å²) in [4.78, 5) is 22.6. The van der Waals surface area contributed by atoms with Crippen LogP contribution in [-0.4, -0.2) is 34.5 Å². The van der Waals surface area contributed by atoms with E-state index < -0.39 is 6.04 Å². The summed E-state index contributed by atoms with van der Waals surface area (Å²) in [6.07, 6.45) is 4.71. The Morgan fingerprint density at radius 2 is 2.10 bits per heavy atom. The molecular weight excluding hydrogens is 416 g/mol. The van der Waals surface area contributed by atoms with Gasteiger partial charge in [0.15, 0.2) is 0 Å². The molecule has 0 aliphatic carbocycles. The smallest absolute Gasteiger partial charge is 0.271 e. The van der Waals surface area contributed by atoms with Crippen LogP contribution in [0.3, 0.4) is 0 Å².